The normalized spacial score (nSPS) is 21.0. The average Bonchev–Trinajstić information content (AvgIpc) is 3.20. The average molecular weight is 396 g/mol. The van der Waals surface area contributed by atoms with E-state index in [1.807, 2.05) is 35.5 Å². The molecule has 1 saturated heterocycles. The minimum absolute atomic E-state index is 0.214. The molecule has 29 heavy (non-hydrogen) atoms. The van der Waals surface area contributed by atoms with E-state index >= 15 is 0 Å². The minimum atomic E-state index is 0.214. The van der Waals surface area contributed by atoms with Crippen LogP contribution in [0, 0.1) is 0 Å². The second-order valence-electron chi connectivity index (χ2n) is 7.67. The quantitative estimate of drug-likeness (QED) is 0.741. The lowest BCUT2D eigenvalue weighted by atomic mass is 10.1. The van der Waals surface area contributed by atoms with Crippen LogP contribution in [0.15, 0.2) is 46.1 Å². The van der Waals surface area contributed by atoms with Crippen molar-refractivity contribution >= 4 is 18.1 Å². The second kappa shape index (κ2) is 8.68. The number of carbonyl (C=O) groups is 1. The summed E-state index contributed by atoms with van der Waals surface area (Å²) in [5.74, 6) is 3.02. The van der Waals surface area contributed by atoms with Gasteiger partial charge in [0.15, 0.2) is 0 Å². The fourth-order valence-corrected chi connectivity index (χ4v) is 3.95. The monoisotopic (exact) mass is 395 g/mol. The number of benzene rings is 1. The number of amidine groups is 1. The first-order chi connectivity index (χ1) is 14.2. The summed E-state index contributed by atoms with van der Waals surface area (Å²) in [7, 11) is 1.66. The molecule has 1 fully saturated rings. The number of methoxy groups -OCH3 is 1. The molecule has 0 aliphatic carbocycles. The molecule has 3 aliphatic heterocycles. The highest BCUT2D eigenvalue weighted by atomic mass is 16.5. The Kier molecular flexibility index (Phi) is 5.83. The van der Waals surface area contributed by atoms with Crippen molar-refractivity contribution in [3.05, 3.63) is 41.7 Å². The van der Waals surface area contributed by atoms with E-state index in [1.165, 1.54) is 0 Å². The van der Waals surface area contributed by atoms with E-state index in [0.29, 0.717) is 12.5 Å². The Morgan fingerprint density at radius 1 is 1.24 bits per heavy atom. The highest BCUT2D eigenvalue weighted by Gasteiger charge is 2.27. The molecule has 0 spiro atoms. The molecule has 1 atom stereocenters. The third-order valence-electron chi connectivity index (χ3n) is 5.79. The number of piperazine rings is 1. The summed E-state index contributed by atoms with van der Waals surface area (Å²) in [6.07, 6.45) is 6.29. The van der Waals surface area contributed by atoms with E-state index in [2.05, 4.69) is 27.8 Å². The second-order valence-corrected chi connectivity index (χ2v) is 7.67. The van der Waals surface area contributed by atoms with Crippen molar-refractivity contribution in [2.24, 2.45) is 9.98 Å². The maximum absolute atomic E-state index is 12.6. The molecule has 7 nitrogen and oxygen atoms in total. The summed E-state index contributed by atoms with van der Waals surface area (Å²) >= 11 is 0. The molecule has 0 aromatic heterocycles. The smallest absolute Gasteiger partial charge is 0.223 e. The van der Waals surface area contributed by atoms with Gasteiger partial charge in [-0.15, -0.1) is 0 Å². The van der Waals surface area contributed by atoms with Crippen LogP contribution in [-0.2, 0) is 11.2 Å². The van der Waals surface area contributed by atoms with Crippen molar-refractivity contribution < 1.29 is 9.53 Å². The Hall–Kier alpha value is -2.83. The van der Waals surface area contributed by atoms with Crippen molar-refractivity contribution in [3.63, 3.8) is 0 Å². The first-order valence-electron chi connectivity index (χ1n) is 10.4. The molecule has 3 aliphatic rings. The Labute approximate surface area is 172 Å². The SMILES string of the molecule is CC[C@@H]1CN2C=NC(N3CCN(C(=O)CCc4cccc(OC)c4)CC3)=CC2=N1. The zero-order valence-electron chi connectivity index (χ0n) is 17.3. The lowest BCUT2D eigenvalue weighted by Crippen LogP contribution is -2.48. The van der Waals surface area contributed by atoms with E-state index < -0.39 is 0 Å². The van der Waals surface area contributed by atoms with Gasteiger partial charge in [0.05, 0.1) is 19.5 Å². The predicted octanol–water partition coefficient (Wildman–Crippen LogP) is 2.15. The number of fused-ring (bicyclic) bond motifs is 1. The number of aryl methyl sites for hydroxylation is 1. The van der Waals surface area contributed by atoms with Crippen LogP contribution in [0.25, 0.3) is 0 Å². The Morgan fingerprint density at radius 3 is 2.83 bits per heavy atom. The number of rotatable bonds is 6. The van der Waals surface area contributed by atoms with Crippen LogP contribution in [0.3, 0.4) is 0 Å². The summed E-state index contributed by atoms with van der Waals surface area (Å²) in [5.41, 5.74) is 1.13. The Morgan fingerprint density at radius 2 is 2.07 bits per heavy atom. The van der Waals surface area contributed by atoms with Gasteiger partial charge in [0.1, 0.15) is 17.4 Å². The summed E-state index contributed by atoms with van der Waals surface area (Å²) in [6, 6.07) is 8.29. The lowest BCUT2D eigenvalue weighted by molar-refractivity contribution is -0.132. The number of amides is 1. The zero-order chi connectivity index (χ0) is 20.2. The first-order valence-corrected chi connectivity index (χ1v) is 10.4. The standard InChI is InChI=1S/C22H29N5O2/c1-3-18-15-27-16-23-20(14-21(27)24-18)25-9-11-26(12-10-25)22(28)8-7-17-5-4-6-19(13-17)29-2/h4-6,13-14,16,18H,3,7-12,15H2,1-2H3/t18-/m1/s1. The highest BCUT2D eigenvalue weighted by molar-refractivity contribution is 6.03. The number of nitrogens with zero attached hydrogens (tertiary/aromatic N) is 5. The largest absolute Gasteiger partial charge is 0.497 e. The predicted molar refractivity (Wildman–Crippen MR) is 114 cm³/mol. The number of ether oxygens (including phenoxy) is 1. The van der Waals surface area contributed by atoms with Crippen molar-refractivity contribution in [1.82, 2.24) is 14.7 Å². The summed E-state index contributed by atoms with van der Waals surface area (Å²) in [5, 5.41) is 0. The van der Waals surface area contributed by atoms with Crippen LogP contribution >= 0.6 is 0 Å². The molecule has 1 amide bonds. The zero-order valence-corrected chi connectivity index (χ0v) is 17.3. The number of aliphatic imine (C=N–C) groups is 2. The van der Waals surface area contributed by atoms with E-state index in [4.69, 9.17) is 9.73 Å². The minimum Gasteiger partial charge on any atom is -0.497 e. The molecule has 154 valence electrons. The maximum Gasteiger partial charge on any atom is 0.223 e. The van der Waals surface area contributed by atoms with Gasteiger partial charge in [-0.1, -0.05) is 19.1 Å². The van der Waals surface area contributed by atoms with Gasteiger partial charge in [0, 0.05) is 45.2 Å². The molecule has 1 aromatic carbocycles. The van der Waals surface area contributed by atoms with Crippen LogP contribution in [0.2, 0.25) is 0 Å². The third-order valence-corrected chi connectivity index (χ3v) is 5.79. The molecule has 0 bridgehead atoms. The van der Waals surface area contributed by atoms with Gasteiger partial charge < -0.3 is 19.4 Å². The van der Waals surface area contributed by atoms with E-state index in [-0.39, 0.29) is 5.91 Å². The van der Waals surface area contributed by atoms with Crippen LogP contribution in [0.1, 0.15) is 25.3 Å². The van der Waals surface area contributed by atoms with Gasteiger partial charge in [-0.2, -0.15) is 0 Å². The molecule has 4 rings (SSSR count). The molecular formula is C22H29N5O2. The maximum atomic E-state index is 12.6. The molecule has 3 heterocycles. The van der Waals surface area contributed by atoms with E-state index in [0.717, 1.165) is 68.5 Å². The van der Waals surface area contributed by atoms with Gasteiger partial charge >= 0.3 is 0 Å². The molecule has 7 heteroatoms. The number of carbonyl (C=O) groups excluding carboxylic acids is 1. The Bertz CT molecular complexity index is 839. The topological polar surface area (TPSA) is 60.7 Å². The van der Waals surface area contributed by atoms with Gasteiger partial charge in [-0.25, -0.2) is 4.99 Å². The van der Waals surface area contributed by atoms with Crippen molar-refractivity contribution in [1.29, 1.82) is 0 Å². The van der Waals surface area contributed by atoms with Crippen molar-refractivity contribution in [3.8, 4) is 5.75 Å². The number of hydrogen-bond donors (Lipinski definition) is 0. The fourth-order valence-electron chi connectivity index (χ4n) is 3.95. The molecule has 0 N–H and O–H groups in total. The lowest BCUT2D eigenvalue weighted by Gasteiger charge is -2.37. The van der Waals surface area contributed by atoms with E-state index in [1.54, 1.807) is 7.11 Å². The van der Waals surface area contributed by atoms with Crippen molar-refractivity contribution in [2.45, 2.75) is 32.2 Å². The molecule has 0 unspecified atom stereocenters. The van der Waals surface area contributed by atoms with Gasteiger partial charge in [0.2, 0.25) is 5.91 Å². The summed E-state index contributed by atoms with van der Waals surface area (Å²) in [4.78, 5) is 28.4. The molecule has 0 radical (unpaired) electrons. The fraction of sp³-hybridized carbons (Fsp3) is 0.500. The van der Waals surface area contributed by atoms with Gasteiger partial charge in [-0.3, -0.25) is 9.79 Å². The molecule has 1 aromatic rings. The Balaban J connectivity index is 1.28. The first kappa shape index (κ1) is 19.5. The molecule has 0 saturated carbocycles. The van der Waals surface area contributed by atoms with E-state index in [9.17, 15) is 4.79 Å². The molecular weight excluding hydrogens is 366 g/mol. The van der Waals surface area contributed by atoms with Crippen LogP contribution < -0.4 is 4.74 Å². The van der Waals surface area contributed by atoms with Crippen LogP contribution in [0.4, 0.5) is 0 Å². The van der Waals surface area contributed by atoms with Gasteiger partial charge in [0.25, 0.3) is 0 Å². The number of hydrogen-bond acceptors (Lipinski definition) is 6. The van der Waals surface area contributed by atoms with Crippen LogP contribution in [-0.4, -0.2) is 78.7 Å². The van der Waals surface area contributed by atoms with Crippen LogP contribution in [0.5, 0.6) is 5.75 Å². The summed E-state index contributed by atoms with van der Waals surface area (Å²) < 4.78 is 5.26. The van der Waals surface area contributed by atoms with Gasteiger partial charge in [-0.05, 0) is 30.5 Å². The third kappa shape index (κ3) is 4.44. The van der Waals surface area contributed by atoms with Crippen molar-refractivity contribution in [2.75, 3.05) is 39.8 Å². The highest BCUT2D eigenvalue weighted by Crippen LogP contribution is 2.20. The summed E-state index contributed by atoms with van der Waals surface area (Å²) in [6.45, 7) is 6.17.